The van der Waals surface area contributed by atoms with Crippen molar-refractivity contribution in [3.63, 3.8) is 0 Å². The zero-order chi connectivity index (χ0) is 11.9. The molecule has 0 rings (SSSR count). The van der Waals surface area contributed by atoms with E-state index in [1.165, 1.54) is 0 Å². The average molecular weight is 216 g/mol. The smallest absolute Gasteiger partial charge is 0.248 e. The minimum absolute atomic E-state index is 0.0929. The maximum absolute atomic E-state index is 11.5. The summed E-state index contributed by atoms with van der Waals surface area (Å²) in [7, 11) is 0. The molecule has 0 aliphatic carbocycles. The van der Waals surface area contributed by atoms with Crippen molar-refractivity contribution in [2.75, 3.05) is 13.2 Å². The summed E-state index contributed by atoms with van der Waals surface area (Å²) in [4.78, 5) is 11.5. The lowest BCUT2D eigenvalue weighted by Crippen LogP contribution is -2.47. The molecule has 0 saturated heterocycles. The minimum Gasteiger partial charge on any atom is -0.369 e. The van der Waals surface area contributed by atoms with Gasteiger partial charge in [-0.2, -0.15) is 0 Å². The van der Waals surface area contributed by atoms with Crippen molar-refractivity contribution in [2.24, 2.45) is 5.73 Å². The van der Waals surface area contributed by atoms with Crippen molar-refractivity contribution >= 4 is 5.91 Å². The Kier molecular flexibility index (Phi) is 6.52. The van der Waals surface area contributed by atoms with Gasteiger partial charge >= 0.3 is 0 Å². The summed E-state index contributed by atoms with van der Waals surface area (Å²) in [6.45, 7) is 8.69. The normalized spacial score (nSPS) is 13.7. The molecular weight excluding hydrogens is 192 g/mol. The molecular formula is C11H24N2O2. The van der Waals surface area contributed by atoms with Crippen LogP contribution in [0.2, 0.25) is 0 Å². The SMILES string of the molecule is CCCCOC(C)C(=O)NCC(C)(C)N. The molecule has 15 heavy (non-hydrogen) atoms. The maximum atomic E-state index is 11.5. The standard InChI is InChI=1S/C11H24N2O2/c1-5-6-7-15-9(2)10(14)13-8-11(3,4)12/h9H,5-8,12H2,1-4H3,(H,13,14). The summed E-state index contributed by atoms with van der Waals surface area (Å²) < 4.78 is 5.36. The number of carbonyl (C=O) groups is 1. The average Bonchev–Trinajstić information content (AvgIpc) is 2.13. The summed E-state index contributed by atoms with van der Waals surface area (Å²) in [5.41, 5.74) is 5.37. The minimum atomic E-state index is -0.390. The van der Waals surface area contributed by atoms with Gasteiger partial charge in [0.1, 0.15) is 6.10 Å². The summed E-state index contributed by atoms with van der Waals surface area (Å²) in [6, 6.07) is 0. The number of carbonyl (C=O) groups excluding carboxylic acids is 1. The van der Waals surface area contributed by atoms with Gasteiger partial charge in [-0.1, -0.05) is 13.3 Å². The lowest BCUT2D eigenvalue weighted by atomic mass is 10.1. The molecule has 0 bridgehead atoms. The van der Waals surface area contributed by atoms with Gasteiger partial charge in [0.25, 0.3) is 0 Å². The van der Waals surface area contributed by atoms with E-state index < -0.39 is 0 Å². The Balaban J connectivity index is 3.70. The predicted octanol–water partition coefficient (Wildman–Crippen LogP) is 1.05. The molecule has 0 saturated carbocycles. The van der Waals surface area contributed by atoms with E-state index in [4.69, 9.17) is 10.5 Å². The van der Waals surface area contributed by atoms with Crippen LogP contribution in [-0.4, -0.2) is 30.7 Å². The third-order valence-corrected chi connectivity index (χ3v) is 1.95. The molecule has 0 radical (unpaired) electrons. The van der Waals surface area contributed by atoms with Crippen LogP contribution in [0.3, 0.4) is 0 Å². The van der Waals surface area contributed by atoms with Gasteiger partial charge < -0.3 is 15.8 Å². The van der Waals surface area contributed by atoms with Gasteiger partial charge in [0, 0.05) is 18.7 Å². The van der Waals surface area contributed by atoms with Crippen LogP contribution >= 0.6 is 0 Å². The van der Waals surface area contributed by atoms with Crippen molar-refractivity contribution in [3.8, 4) is 0 Å². The number of rotatable bonds is 7. The highest BCUT2D eigenvalue weighted by atomic mass is 16.5. The predicted molar refractivity (Wildman–Crippen MR) is 61.6 cm³/mol. The van der Waals surface area contributed by atoms with E-state index in [1.54, 1.807) is 6.92 Å². The van der Waals surface area contributed by atoms with Crippen molar-refractivity contribution in [1.29, 1.82) is 0 Å². The van der Waals surface area contributed by atoms with Crippen LogP contribution in [0.1, 0.15) is 40.5 Å². The zero-order valence-corrected chi connectivity index (χ0v) is 10.3. The highest BCUT2D eigenvalue weighted by Crippen LogP contribution is 1.97. The first-order valence-electron chi connectivity index (χ1n) is 5.55. The summed E-state index contributed by atoms with van der Waals surface area (Å²) in [6.07, 6.45) is 1.67. The van der Waals surface area contributed by atoms with Crippen LogP contribution in [-0.2, 0) is 9.53 Å². The third kappa shape index (κ3) is 8.39. The van der Waals surface area contributed by atoms with Gasteiger partial charge in [0.05, 0.1) is 0 Å². The van der Waals surface area contributed by atoms with Gasteiger partial charge in [-0.3, -0.25) is 4.79 Å². The summed E-state index contributed by atoms with van der Waals surface area (Å²) in [5.74, 6) is -0.0929. The number of hydrogen-bond donors (Lipinski definition) is 2. The maximum Gasteiger partial charge on any atom is 0.248 e. The second-order valence-corrected chi connectivity index (χ2v) is 4.57. The molecule has 0 aliphatic heterocycles. The number of nitrogens with one attached hydrogen (secondary N) is 1. The first-order valence-corrected chi connectivity index (χ1v) is 5.55. The molecule has 1 atom stereocenters. The monoisotopic (exact) mass is 216 g/mol. The van der Waals surface area contributed by atoms with E-state index in [2.05, 4.69) is 12.2 Å². The van der Waals surface area contributed by atoms with Crippen molar-refractivity contribution < 1.29 is 9.53 Å². The van der Waals surface area contributed by atoms with Crippen LogP contribution in [0.5, 0.6) is 0 Å². The van der Waals surface area contributed by atoms with Crippen molar-refractivity contribution in [1.82, 2.24) is 5.32 Å². The first-order chi connectivity index (χ1) is 6.87. The van der Waals surface area contributed by atoms with E-state index in [0.717, 1.165) is 12.8 Å². The van der Waals surface area contributed by atoms with E-state index in [9.17, 15) is 4.79 Å². The molecule has 1 amide bonds. The molecule has 0 spiro atoms. The molecule has 0 aromatic heterocycles. The fourth-order valence-electron chi connectivity index (χ4n) is 0.939. The fraction of sp³-hybridized carbons (Fsp3) is 0.909. The number of ether oxygens (including phenoxy) is 1. The molecule has 3 N–H and O–H groups in total. The Morgan fingerprint density at radius 1 is 1.53 bits per heavy atom. The number of hydrogen-bond acceptors (Lipinski definition) is 3. The number of amides is 1. The van der Waals surface area contributed by atoms with E-state index in [1.807, 2.05) is 13.8 Å². The van der Waals surface area contributed by atoms with Crippen LogP contribution in [0.25, 0.3) is 0 Å². The van der Waals surface area contributed by atoms with E-state index in [-0.39, 0.29) is 17.6 Å². The van der Waals surface area contributed by atoms with Crippen LogP contribution < -0.4 is 11.1 Å². The Bertz CT molecular complexity index is 188. The Morgan fingerprint density at radius 2 is 2.13 bits per heavy atom. The van der Waals surface area contributed by atoms with Crippen molar-refractivity contribution in [2.45, 2.75) is 52.2 Å². The van der Waals surface area contributed by atoms with E-state index in [0.29, 0.717) is 13.2 Å². The third-order valence-electron chi connectivity index (χ3n) is 1.95. The Labute approximate surface area is 92.6 Å². The fourth-order valence-corrected chi connectivity index (χ4v) is 0.939. The largest absolute Gasteiger partial charge is 0.369 e. The highest BCUT2D eigenvalue weighted by molar-refractivity contribution is 5.80. The number of unbranched alkanes of at least 4 members (excludes halogenated alkanes) is 1. The van der Waals surface area contributed by atoms with Crippen LogP contribution in [0.15, 0.2) is 0 Å². The Hall–Kier alpha value is -0.610. The molecule has 1 unspecified atom stereocenters. The zero-order valence-electron chi connectivity index (χ0n) is 10.3. The second-order valence-electron chi connectivity index (χ2n) is 4.57. The molecule has 0 fully saturated rings. The molecule has 90 valence electrons. The van der Waals surface area contributed by atoms with Gasteiger partial charge in [-0.25, -0.2) is 0 Å². The molecule has 0 aromatic carbocycles. The van der Waals surface area contributed by atoms with Crippen LogP contribution in [0.4, 0.5) is 0 Å². The molecule has 0 aromatic rings. The molecule has 4 heteroatoms. The first kappa shape index (κ1) is 14.4. The lowest BCUT2D eigenvalue weighted by molar-refractivity contribution is -0.132. The summed E-state index contributed by atoms with van der Waals surface area (Å²) in [5, 5.41) is 2.76. The second kappa shape index (κ2) is 6.80. The number of nitrogens with two attached hydrogens (primary N) is 1. The molecule has 0 heterocycles. The van der Waals surface area contributed by atoms with Gasteiger partial charge in [0.15, 0.2) is 0 Å². The van der Waals surface area contributed by atoms with Crippen LogP contribution in [0, 0.1) is 0 Å². The highest BCUT2D eigenvalue weighted by Gasteiger charge is 2.16. The molecule has 0 aliphatic rings. The van der Waals surface area contributed by atoms with Gasteiger partial charge in [-0.15, -0.1) is 0 Å². The molecule has 4 nitrogen and oxygen atoms in total. The van der Waals surface area contributed by atoms with E-state index >= 15 is 0 Å². The quantitative estimate of drug-likeness (QED) is 0.625. The van der Waals surface area contributed by atoms with Crippen molar-refractivity contribution in [3.05, 3.63) is 0 Å². The lowest BCUT2D eigenvalue weighted by Gasteiger charge is -2.20. The Morgan fingerprint density at radius 3 is 2.60 bits per heavy atom. The summed E-state index contributed by atoms with van der Waals surface area (Å²) >= 11 is 0. The topological polar surface area (TPSA) is 64.3 Å². The van der Waals surface area contributed by atoms with Gasteiger partial charge in [0.2, 0.25) is 5.91 Å². The van der Waals surface area contributed by atoms with Gasteiger partial charge in [-0.05, 0) is 27.2 Å².